The Morgan fingerprint density at radius 1 is 0.774 bits per heavy atom. The molecule has 0 saturated carbocycles. The van der Waals surface area contributed by atoms with Gasteiger partial charge in [0.2, 0.25) is 0 Å². The smallest absolute Gasteiger partial charge is 0.279 e. The fraction of sp³-hybridized carbons (Fsp3) is 0.167. The molecule has 3 aromatic carbocycles. The minimum absolute atomic E-state index is 0.237. The predicted octanol–water partition coefficient (Wildman–Crippen LogP) is 3.36. The molecule has 3 aromatic rings. The maximum atomic E-state index is 12.1. The molecule has 0 aliphatic carbocycles. The number of hydrogen-bond acceptors (Lipinski definition) is 5. The third-order valence-corrected chi connectivity index (χ3v) is 4.40. The Bertz CT molecular complexity index is 989. The Kier molecular flexibility index (Phi) is 7.48. The molecule has 1 unspecified atom stereocenters. The molecule has 2 N–H and O–H groups in total. The van der Waals surface area contributed by atoms with E-state index in [4.69, 9.17) is 14.2 Å². The topological polar surface area (TPSA) is 85.9 Å². The van der Waals surface area contributed by atoms with Crippen LogP contribution >= 0.6 is 0 Å². The summed E-state index contributed by atoms with van der Waals surface area (Å²) < 4.78 is 16.1. The van der Waals surface area contributed by atoms with Gasteiger partial charge in [-0.2, -0.15) is 0 Å². The zero-order chi connectivity index (χ0) is 22.1. The van der Waals surface area contributed by atoms with Crippen LogP contribution in [-0.4, -0.2) is 31.6 Å². The van der Waals surface area contributed by atoms with Crippen LogP contribution in [0.1, 0.15) is 6.92 Å². The first-order valence-corrected chi connectivity index (χ1v) is 9.73. The highest BCUT2D eigenvalue weighted by Crippen LogP contribution is 2.22. The van der Waals surface area contributed by atoms with Crippen molar-refractivity contribution in [1.82, 2.24) is 10.9 Å². The normalized spacial score (nSPS) is 11.2. The predicted molar refractivity (Wildman–Crippen MR) is 117 cm³/mol. The summed E-state index contributed by atoms with van der Waals surface area (Å²) in [4.78, 5) is 24.1. The van der Waals surface area contributed by atoms with Gasteiger partial charge in [0, 0.05) is 0 Å². The molecule has 160 valence electrons. The average molecular weight is 420 g/mol. The summed E-state index contributed by atoms with van der Waals surface area (Å²) >= 11 is 0. The Balaban J connectivity index is 1.40. The van der Waals surface area contributed by atoms with Crippen LogP contribution < -0.4 is 25.1 Å². The van der Waals surface area contributed by atoms with Crippen molar-refractivity contribution in [2.45, 2.75) is 13.0 Å². The summed E-state index contributed by atoms with van der Waals surface area (Å²) in [6, 6.07) is 24.2. The largest absolute Gasteiger partial charge is 0.497 e. The number of benzene rings is 3. The van der Waals surface area contributed by atoms with Gasteiger partial charge in [0.25, 0.3) is 11.8 Å². The number of methoxy groups -OCH3 is 1. The van der Waals surface area contributed by atoms with E-state index in [1.807, 2.05) is 42.5 Å². The monoisotopic (exact) mass is 420 g/mol. The second kappa shape index (κ2) is 10.7. The molecule has 3 rings (SSSR count). The van der Waals surface area contributed by atoms with Crippen molar-refractivity contribution in [2.75, 3.05) is 13.7 Å². The Morgan fingerprint density at radius 3 is 2.00 bits per heavy atom. The minimum atomic E-state index is -0.805. The zero-order valence-electron chi connectivity index (χ0n) is 17.3. The number of hydrogen-bond donors (Lipinski definition) is 2. The van der Waals surface area contributed by atoms with Crippen LogP contribution in [0.3, 0.4) is 0 Å². The van der Waals surface area contributed by atoms with Gasteiger partial charge in [0.1, 0.15) is 17.2 Å². The summed E-state index contributed by atoms with van der Waals surface area (Å²) in [5, 5.41) is 0. The van der Waals surface area contributed by atoms with Gasteiger partial charge in [-0.1, -0.05) is 42.5 Å². The molecule has 1 atom stereocenters. The lowest BCUT2D eigenvalue weighted by Crippen LogP contribution is -2.48. The van der Waals surface area contributed by atoms with E-state index in [2.05, 4.69) is 10.9 Å². The molecule has 31 heavy (non-hydrogen) atoms. The minimum Gasteiger partial charge on any atom is -0.497 e. The van der Waals surface area contributed by atoms with E-state index in [-0.39, 0.29) is 6.61 Å². The number of rotatable bonds is 8. The average Bonchev–Trinajstić information content (AvgIpc) is 2.82. The van der Waals surface area contributed by atoms with Gasteiger partial charge in [-0.15, -0.1) is 0 Å². The number of nitrogens with one attached hydrogen (secondary N) is 2. The van der Waals surface area contributed by atoms with Crippen molar-refractivity contribution in [2.24, 2.45) is 0 Å². The van der Waals surface area contributed by atoms with E-state index in [0.29, 0.717) is 17.2 Å². The van der Waals surface area contributed by atoms with Crippen LogP contribution in [0.5, 0.6) is 17.2 Å². The van der Waals surface area contributed by atoms with Crippen LogP contribution in [0.25, 0.3) is 11.1 Å². The van der Waals surface area contributed by atoms with Gasteiger partial charge in [0.15, 0.2) is 12.7 Å². The van der Waals surface area contributed by atoms with Gasteiger partial charge < -0.3 is 14.2 Å². The zero-order valence-corrected chi connectivity index (χ0v) is 17.3. The van der Waals surface area contributed by atoms with E-state index in [0.717, 1.165) is 11.1 Å². The van der Waals surface area contributed by atoms with Gasteiger partial charge in [-0.25, -0.2) is 0 Å². The van der Waals surface area contributed by atoms with Gasteiger partial charge in [0.05, 0.1) is 7.11 Å². The van der Waals surface area contributed by atoms with Crippen molar-refractivity contribution in [1.29, 1.82) is 0 Å². The van der Waals surface area contributed by atoms with Crippen molar-refractivity contribution >= 4 is 11.8 Å². The van der Waals surface area contributed by atoms with E-state index in [1.165, 1.54) is 0 Å². The highest BCUT2D eigenvalue weighted by Gasteiger charge is 2.15. The lowest BCUT2D eigenvalue weighted by Gasteiger charge is -2.15. The summed E-state index contributed by atoms with van der Waals surface area (Å²) in [5.74, 6) is 0.773. The lowest BCUT2D eigenvalue weighted by molar-refractivity contribution is -0.133. The van der Waals surface area contributed by atoms with Crippen LogP contribution in [0, 0.1) is 0 Å². The third kappa shape index (κ3) is 6.50. The van der Waals surface area contributed by atoms with E-state index in [9.17, 15) is 9.59 Å². The molecular formula is C24H24N2O5. The highest BCUT2D eigenvalue weighted by atomic mass is 16.5. The fourth-order valence-electron chi connectivity index (χ4n) is 2.70. The van der Waals surface area contributed by atoms with Gasteiger partial charge in [-0.3, -0.25) is 20.4 Å². The van der Waals surface area contributed by atoms with Crippen LogP contribution in [-0.2, 0) is 9.59 Å². The second-order valence-corrected chi connectivity index (χ2v) is 6.65. The van der Waals surface area contributed by atoms with Crippen molar-refractivity contribution in [3.8, 4) is 28.4 Å². The Labute approximate surface area is 180 Å². The summed E-state index contributed by atoms with van der Waals surface area (Å²) in [6.45, 7) is 1.34. The molecule has 7 nitrogen and oxygen atoms in total. The quantitative estimate of drug-likeness (QED) is 0.546. The van der Waals surface area contributed by atoms with Crippen LogP contribution in [0.2, 0.25) is 0 Å². The molecule has 0 heterocycles. The molecule has 2 amide bonds. The van der Waals surface area contributed by atoms with Crippen molar-refractivity contribution in [3.05, 3.63) is 78.9 Å². The van der Waals surface area contributed by atoms with Crippen molar-refractivity contribution < 1.29 is 23.8 Å². The summed E-state index contributed by atoms with van der Waals surface area (Å²) in [5.41, 5.74) is 6.78. The molecule has 0 fully saturated rings. The molecular weight excluding hydrogens is 396 g/mol. The Morgan fingerprint density at radius 2 is 1.35 bits per heavy atom. The fourth-order valence-corrected chi connectivity index (χ4v) is 2.70. The van der Waals surface area contributed by atoms with Crippen LogP contribution in [0.4, 0.5) is 0 Å². The first-order valence-electron chi connectivity index (χ1n) is 9.73. The second-order valence-electron chi connectivity index (χ2n) is 6.65. The van der Waals surface area contributed by atoms with Crippen LogP contribution in [0.15, 0.2) is 78.9 Å². The van der Waals surface area contributed by atoms with Crippen molar-refractivity contribution in [3.63, 3.8) is 0 Å². The maximum Gasteiger partial charge on any atom is 0.279 e. The number of amides is 2. The maximum absolute atomic E-state index is 12.1. The molecule has 0 radical (unpaired) electrons. The molecule has 0 aromatic heterocycles. The first-order chi connectivity index (χ1) is 15.0. The standard InChI is InChI=1S/C24H24N2O5/c1-17(31-22-14-12-20(29-2)13-15-22)24(28)26-25-23(27)16-30-21-10-8-19(9-11-21)18-6-4-3-5-7-18/h3-15,17H,16H2,1-2H3,(H,25,27)(H,26,28). The number of carbonyl (C=O) groups is 2. The number of carbonyl (C=O) groups excluding carboxylic acids is 2. The van der Waals surface area contributed by atoms with E-state index >= 15 is 0 Å². The molecule has 0 spiro atoms. The van der Waals surface area contributed by atoms with Gasteiger partial charge in [-0.05, 0) is 54.4 Å². The Hall–Kier alpha value is -4.00. The highest BCUT2D eigenvalue weighted by molar-refractivity contribution is 5.85. The lowest BCUT2D eigenvalue weighted by atomic mass is 10.1. The molecule has 0 bridgehead atoms. The first kappa shape index (κ1) is 21.7. The summed E-state index contributed by atoms with van der Waals surface area (Å²) in [6.07, 6.45) is -0.805. The number of ether oxygens (including phenoxy) is 3. The van der Waals surface area contributed by atoms with E-state index in [1.54, 1.807) is 50.4 Å². The molecule has 7 heteroatoms. The van der Waals surface area contributed by atoms with Gasteiger partial charge >= 0.3 is 0 Å². The van der Waals surface area contributed by atoms with E-state index < -0.39 is 17.9 Å². The molecule has 0 aliphatic heterocycles. The number of hydrazine groups is 1. The molecule has 0 saturated heterocycles. The third-order valence-electron chi connectivity index (χ3n) is 4.40. The SMILES string of the molecule is COc1ccc(OC(C)C(=O)NNC(=O)COc2ccc(-c3ccccc3)cc2)cc1. The molecule has 0 aliphatic rings. The summed E-state index contributed by atoms with van der Waals surface area (Å²) in [7, 11) is 1.57.